The minimum atomic E-state index is -0.151. The highest BCUT2D eigenvalue weighted by Gasteiger charge is 2.48. The van der Waals surface area contributed by atoms with Gasteiger partial charge in [-0.3, -0.25) is 9.59 Å². The summed E-state index contributed by atoms with van der Waals surface area (Å²) in [6.45, 7) is 1.93. The molecule has 1 heterocycles. The molecule has 1 aliphatic carbocycles. The first-order chi connectivity index (χ1) is 8.70. The summed E-state index contributed by atoms with van der Waals surface area (Å²) < 4.78 is 0. The van der Waals surface area contributed by atoms with Crippen molar-refractivity contribution in [3.63, 3.8) is 0 Å². The van der Waals surface area contributed by atoms with Crippen LogP contribution in [0.2, 0.25) is 0 Å². The molecule has 2 atom stereocenters. The number of imide groups is 1. The number of amides is 2. The smallest absolute Gasteiger partial charge is 0.238 e. The van der Waals surface area contributed by atoms with Crippen LogP contribution in [0.3, 0.4) is 0 Å². The normalized spacial score (nSPS) is 26.6. The molecule has 0 aromatic heterocycles. The van der Waals surface area contributed by atoms with Gasteiger partial charge in [0.25, 0.3) is 0 Å². The van der Waals surface area contributed by atoms with Crippen LogP contribution in [-0.4, -0.2) is 11.8 Å². The Labute approximate surface area is 106 Å². The number of carbonyl (C=O) groups is 2. The Bertz CT molecular complexity index is 521. The van der Waals surface area contributed by atoms with Crippen molar-refractivity contribution in [2.24, 2.45) is 11.8 Å². The second kappa shape index (κ2) is 4.09. The van der Waals surface area contributed by atoms with Crippen molar-refractivity contribution in [1.29, 1.82) is 0 Å². The van der Waals surface area contributed by atoms with E-state index in [1.54, 1.807) is 0 Å². The Balaban J connectivity index is 2.02. The van der Waals surface area contributed by atoms with Crippen molar-refractivity contribution >= 4 is 17.5 Å². The van der Waals surface area contributed by atoms with E-state index >= 15 is 0 Å². The number of nitrogens with zero attached hydrogens (tertiary/aromatic N) is 1. The van der Waals surface area contributed by atoms with Crippen molar-refractivity contribution in [3.05, 3.63) is 42.0 Å². The Morgan fingerprint density at radius 1 is 1.00 bits per heavy atom. The molecule has 18 heavy (non-hydrogen) atoms. The topological polar surface area (TPSA) is 37.4 Å². The fraction of sp³-hybridized carbons (Fsp3) is 0.333. The minimum Gasteiger partial charge on any atom is -0.274 e. The van der Waals surface area contributed by atoms with Gasteiger partial charge in [0, 0.05) is 0 Å². The first-order valence-electron chi connectivity index (χ1n) is 6.28. The van der Waals surface area contributed by atoms with Gasteiger partial charge in [0.2, 0.25) is 11.8 Å². The average molecular weight is 241 g/mol. The maximum absolute atomic E-state index is 12.4. The number of rotatable bonds is 1. The highest BCUT2D eigenvalue weighted by Crippen LogP contribution is 2.38. The third-order valence-electron chi connectivity index (χ3n) is 3.86. The van der Waals surface area contributed by atoms with Gasteiger partial charge in [-0.2, -0.15) is 0 Å². The minimum absolute atomic E-state index is 0.0383. The highest BCUT2D eigenvalue weighted by atomic mass is 16.2. The maximum atomic E-state index is 12.4. The lowest BCUT2D eigenvalue weighted by molar-refractivity contribution is -0.122. The molecule has 2 amide bonds. The van der Waals surface area contributed by atoms with Gasteiger partial charge in [-0.1, -0.05) is 30.4 Å². The molecule has 0 saturated carbocycles. The van der Waals surface area contributed by atoms with Gasteiger partial charge >= 0.3 is 0 Å². The van der Waals surface area contributed by atoms with Crippen molar-refractivity contribution in [2.75, 3.05) is 4.90 Å². The molecular formula is C15H15NO2. The van der Waals surface area contributed by atoms with Crippen LogP contribution in [0.25, 0.3) is 0 Å². The zero-order chi connectivity index (χ0) is 12.7. The van der Waals surface area contributed by atoms with E-state index < -0.39 is 0 Å². The molecule has 3 heteroatoms. The number of anilines is 1. The van der Waals surface area contributed by atoms with E-state index in [1.165, 1.54) is 4.90 Å². The number of carbonyl (C=O) groups excluding carboxylic acids is 2. The van der Waals surface area contributed by atoms with Gasteiger partial charge < -0.3 is 0 Å². The first kappa shape index (κ1) is 11.2. The summed E-state index contributed by atoms with van der Waals surface area (Å²) in [7, 11) is 0. The van der Waals surface area contributed by atoms with E-state index in [9.17, 15) is 9.59 Å². The van der Waals surface area contributed by atoms with Crippen molar-refractivity contribution in [1.82, 2.24) is 0 Å². The predicted molar refractivity (Wildman–Crippen MR) is 69.0 cm³/mol. The van der Waals surface area contributed by atoms with Crippen LogP contribution in [0, 0.1) is 18.8 Å². The molecule has 3 nitrogen and oxygen atoms in total. The molecule has 3 rings (SSSR count). The number of benzene rings is 1. The van der Waals surface area contributed by atoms with Gasteiger partial charge in [-0.05, 0) is 31.4 Å². The van der Waals surface area contributed by atoms with Crippen LogP contribution in [0.15, 0.2) is 36.4 Å². The van der Waals surface area contributed by atoms with E-state index in [-0.39, 0.29) is 23.7 Å². The van der Waals surface area contributed by atoms with Crippen LogP contribution in [-0.2, 0) is 9.59 Å². The molecule has 1 aliphatic heterocycles. The van der Waals surface area contributed by atoms with E-state index in [1.807, 2.05) is 43.3 Å². The third kappa shape index (κ3) is 1.50. The summed E-state index contributed by atoms with van der Waals surface area (Å²) in [5.74, 6) is -0.378. The number of allylic oxidation sites excluding steroid dienone is 2. The van der Waals surface area contributed by atoms with E-state index in [0.29, 0.717) is 12.8 Å². The Hall–Kier alpha value is -1.90. The Morgan fingerprint density at radius 3 is 2.11 bits per heavy atom. The SMILES string of the molecule is Cc1ccccc1N1C(=O)C2CC=CCC2C1=O. The summed E-state index contributed by atoms with van der Waals surface area (Å²) in [4.78, 5) is 26.1. The van der Waals surface area contributed by atoms with Gasteiger partial charge in [0.1, 0.15) is 0 Å². The van der Waals surface area contributed by atoms with Crippen molar-refractivity contribution < 1.29 is 9.59 Å². The molecule has 1 fully saturated rings. The fourth-order valence-corrected chi connectivity index (χ4v) is 2.85. The monoisotopic (exact) mass is 241 g/mol. The second-order valence-electron chi connectivity index (χ2n) is 4.95. The van der Waals surface area contributed by atoms with Crippen LogP contribution in [0.5, 0.6) is 0 Å². The Kier molecular flexibility index (Phi) is 2.54. The zero-order valence-electron chi connectivity index (χ0n) is 10.3. The van der Waals surface area contributed by atoms with Gasteiger partial charge in [0.15, 0.2) is 0 Å². The van der Waals surface area contributed by atoms with E-state index in [2.05, 4.69) is 0 Å². The van der Waals surface area contributed by atoms with Gasteiger partial charge in [-0.15, -0.1) is 0 Å². The largest absolute Gasteiger partial charge is 0.274 e. The third-order valence-corrected chi connectivity index (χ3v) is 3.86. The second-order valence-corrected chi connectivity index (χ2v) is 4.95. The molecule has 0 bridgehead atoms. The number of aryl methyl sites for hydroxylation is 1. The predicted octanol–water partition coefficient (Wildman–Crippen LogP) is 2.45. The van der Waals surface area contributed by atoms with Crippen LogP contribution in [0.4, 0.5) is 5.69 Å². The number of fused-ring (bicyclic) bond motifs is 1. The van der Waals surface area contributed by atoms with Gasteiger partial charge in [0.05, 0.1) is 17.5 Å². The fourth-order valence-electron chi connectivity index (χ4n) is 2.85. The number of hydrogen-bond donors (Lipinski definition) is 0. The summed E-state index contributed by atoms with van der Waals surface area (Å²) in [5, 5.41) is 0. The van der Waals surface area contributed by atoms with Crippen molar-refractivity contribution in [3.8, 4) is 0 Å². The lowest BCUT2D eigenvalue weighted by Gasteiger charge is -2.16. The Morgan fingerprint density at radius 2 is 1.56 bits per heavy atom. The first-order valence-corrected chi connectivity index (χ1v) is 6.28. The quantitative estimate of drug-likeness (QED) is 0.559. The molecule has 1 aromatic rings. The molecule has 0 N–H and O–H groups in total. The molecule has 2 aliphatic rings. The molecule has 1 aromatic carbocycles. The number of para-hydroxylation sites is 1. The molecule has 2 unspecified atom stereocenters. The summed E-state index contributed by atoms with van der Waals surface area (Å²) >= 11 is 0. The van der Waals surface area contributed by atoms with Crippen LogP contribution in [0.1, 0.15) is 18.4 Å². The average Bonchev–Trinajstić information content (AvgIpc) is 2.64. The molecule has 0 radical (unpaired) electrons. The summed E-state index contributed by atoms with van der Waals surface area (Å²) in [5.41, 5.74) is 1.70. The number of hydrogen-bond acceptors (Lipinski definition) is 2. The van der Waals surface area contributed by atoms with E-state index in [0.717, 1.165) is 11.3 Å². The molecular weight excluding hydrogens is 226 g/mol. The maximum Gasteiger partial charge on any atom is 0.238 e. The lowest BCUT2D eigenvalue weighted by atomic mass is 9.85. The van der Waals surface area contributed by atoms with Crippen LogP contribution < -0.4 is 4.90 Å². The van der Waals surface area contributed by atoms with Crippen LogP contribution >= 0.6 is 0 Å². The molecule has 92 valence electrons. The molecule has 0 spiro atoms. The summed E-state index contributed by atoms with van der Waals surface area (Å²) in [6.07, 6.45) is 5.40. The molecule has 1 saturated heterocycles. The lowest BCUT2D eigenvalue weighted by Crippen LogP contribution is -2.31. The standard InChI is InChI=1S/C15H15NO2/c1-10-6-2-5-9-13(10)16-14(17)11-7-3-4-8-12(11)15(16)18/h2-6,9,11-12H,7-8H2,1H3. The zero-order valence-corrected chi connectivity index (χ0v) is 10.3. The highest BCUT2D eigenvalue weighted by molar-refractivity contribution is 6.22. The van der Waals surface area contributed by atoms with E-state index in [4.69, 9.17) is 0 Å². The van der Waals surface area contributed by atoms with Gasteiger partial charge in [-0.25, -0.2) is 4.90 Å². The van der Waals surface area contributed by atoms with Crippen molar-refractivity contribution in [2.45, 2.75) is 19.8 Å². The summed E-state index contributed by atoms with van der Waals surface area (Å²) in [6, 6.07) is 7.55.